The zero-order valence-electron chi connectivity index (χ0n) is 15.0. The second-order valence-corrected chi connectivity index (χ2v) is 7.06. The summed E-state index contributed by atoms with van der Waals surface area (Å²) in [6, 6.07) is 0. The first-order valence-electron chi connectivity index (χ1n) is 9.80. The summed E-state index contributed by atoms with van der Waals surface area (Å²) in [6.07, 6.45) is 24.7. The molecule has 0 aromatic heterocycles. The van der Waals surface area contributed by atoms with Crippen molar-refractivity contribution >= 4 is 5.97 Å². The van der Waals surface area contributed by atoms with E-state index in [1.807, 2.05) is 6.08 Å². The molecule has 1 fully saturated rings. The maximum Gasteiger partial charge on any atom is 0.328 e. The molecule has 1 aliphatic rings. The van der Waals surface area contributed by atoms with E-state index < -0.39 is 5.97 Å². The molecule has 0 heterocycles. The molecule has 2 atom stereocenters. The molecule has 0 radical (unpaired) electrons. The highest BCUT2D eigenvalue weighted by atomic mass is 16.4. The van der Waals surface area contributed by atoms with Gasteiger partial charge in [-0.05, 0) is 24.7 Å². The quantitative estimate of drug-likeness (QED) is 0.238. The van der Waals surface area contributed by atoms with Crippen LogP contribution in [-0.4, -0.2) is 11.1 Å². The summed E-state index contributed by atoms with van der Waals surface area (Å²) in [5.41, 5.74) is 0. The predicted molar refractivity (Wildman–Crippen MR) is 98.6 cm³/mol. The topological polar surface area (TPSA) is 37.3 Å². The molecular weight excluding hydrogens is 284 g/mol. The lowest BCUT2D eigenvalue weighted by atomic mass is 9.87. The summed E-state index contributed by atoms with van der Waals surface area (Å²) < 4.78 is 0. The van der Waals surface area contributed by atoms with Gasteiger partial charge in [-0.15, -0.1) is 0 Å². The first kappa shape index (κ1) is 20.0. The fourth-order valence-electron chi connectivity index (χ4n) is 3.86. The molecule has 1 rings (SSSR count). The van der Waals surface area contributed by atoms with Crippen LogP contribution in [0.3, 0.4) is 0 Å². The second kappa shape index (κ2) is 13.4. The van der Waals surface area contributed by atoms with Gasteiger partial charge in [0.1, 0.15) is 0 Å². The van der Waals surface area contributed by atoms with Crippen LogP contribution in [-0.2, 0) is 4.79 Å². The molecule has 0 aliphatic heterocycles. The predicted octanol–water partition coefficient (Wildman–Crippen LogP) is 6.52. The Morgan fingerprint density at radius 1 is 0.957 bits per heavy atom. The van der Waals surface area contributed by atoms with Crippen LogP contribution in [0.1, 0.15) is 90.4 Å². The molecule has 0 amide bonds. The van der Waals surface area contributed by atoms with Gasteiger partial charge in [0.25, 0.3) is 0 Å². The van der Waals surface area contributed by atoms with Gasteiger partial charge in [0, 0.05) is 6.08 Å². The fraction of sp³-hybridized carbons (Fsp3) is 0.762. The van der Waals surface area contributed by atoms with Gasteiger partial charge < -0.3 is 5.11 Å². The molecule has 0 spiro atoms. The number of carbonyl (C=O) groups is 1. The third kappa shape index (κ3) is 10.4. The first-order chi connectivity index (χ1) is 11.2. The number of carboxylic acid groups (broad SMARTS) is 1. The summed E-state index contributed by atoms with van der Waals surface area (Å²) in [7, 11) is 0. The van der Waals surface area contributed by atoms with Gasteiger partial charge in [-0.1, -0.05) is 95.8 Å². The molecular formula is C21H36O2. The Bertz CT molecular complexity index is 357. The number of hydrogen-bond donors (Lipinski definition) is 1. The summed E-state index contributed by atoms with van der Waals surface area (Å²) in [6.45, 7) is 2.28. The van der Waals surface area contributed by atoms with E-state index in [4.69, 9.17) is 5.11 Å². The molecule has 2 heteroatoms. The Morgan fingerprint density at radius 3 is 2.30 bits per heavy atom. The van der Waals surface area contributed by atoms with Crippen LogP contribution in [0.2, 0.25) is 0 Å². The van der Waals surface area contributed by atoms with Gasteiger partial charge in [0.2, 0.25) is 0 Å². The van der Waals surface area contributed by atoms with E-state index in [9.17, 15) is 4.79 Å². The standard InChI is InChI=1S/C21H36O2/c1-2-3-4-5-6-7-10-14-19-16-13-17-20(19)15-11-8-9-12-18-21(22)23/h8-9,12,18-20H,2-7,10-11,13-17H2,1H3,(H,22,23)/b9-8+,18-12+/t19-,20-/m0/s1. The van der Waals surface area contributed by atoms with Crippen LogP contribution in [0.25, 0.3) is 0 Å². The molecule has 0 aromatic carbocycles. The molecule has 132 valence electrons. The number of aliphatic carboxylic acids is 1. The van der Waals surface area contributed by atoms with E-state index >= 15 is 0 Å². The third-order valence-electron chi connectivity index (χ3n) is 5.19. The van der Waals surface area contributed by atoms with Crippen LogP contribution in [0.5, 0.6) is 0 Å². The summed E-state index contributed by atoms with van der Waals surface area (Å²) in [5, 5.41) is 8.52. The van der Waals surface area contributed by atoms with Crippen molar-refractivity contribution < 1.29 is 9.90 Å². The second-order valence-electron chi connectivity index (χ2n) is 7.06. The van der Waals surface area contributed by atoms with E-state index in [1.54, 1.807) is 6.08 Å². The monoisotopic (exact) mass is 320 g/mol. The molecule has 2 nitrogen and oxygen atoms in total. The van der Waals surface area contributed by atoms with Gasteiger partial charge in [-0.2, -0.15) is 0 Å². The summed E-state index contributed by atoms with van der Waals surface area (Å²) in [5.74, 6) is 0.983. The minimum absolute atomic E-state index is 0.875. The van der Waals surface area contributed by atoms with E-state index in [0.29, 0.717) is 0 Å². The normalized spacial score (nSPS) is 21.6. The van der Waals surface area contributed by atoms with Gasteiger partial charge in [-0.25, -0.2) is 4.79 Å². The molecule has 0 unspecified atom stereocenters. The Hall–Kier alpha value is -1.05. The largest absolute Gasteiger partial charge is 0.478 e. The zero-order valence-corrected chi connectivity index (χ0v) is 15.0. The van der Waals surface area contributed by atoms with Crippen molar-refractivity contribution in [1.82, 2.24) is 0 Å². The molecule has 1 aliphatic carbocycles. The fourth-order valence-corrected chi connectivity index (χ4v) is 3.86. The van der Waals surface area contributed by atoms with Crippen LogP contribution >= 0.6 is 0 Å². The van der Waals surface area contributed by atoms with E-state index in [2.05, 4.69) is 13.0 Å². The molecule has 0 bridgehead atoms. The number of carboxylic acids is 1. The maximum absolute atomic E-state index is 10.4. The first-order valence-corrected chi connectivity index (χ1v) is 9.80. The maximum atomic E-state index is 10.4. The average molecular weight is 321 g/mol. The zero-order chi connectivity index (χ0) is 16.8. The summed E-state index contributed by atoms with van der Waals surface area (Å²) >= 11 is 0. The smallest absolute Gasteiger partial charge is 0.328 e. The highest BCUT2D eigenvalue weighted by Crippen LogP contribution is 2.38. The van der Waals surface area contributed by atoms with Crippen molar-refractivity contribution in [2.75, 3.05) is 0 Å². The lowest BCUT2D eigenvalue weighted by Gasteiger charge is -2.18. The van der Waals surface area contributed by atoms with Gasteiger partial charge in [0.05, 0.1) is 0 Å². The Balaban J connectivity index is 2.08. The summed E-state index contributed by atoms with van der Waals surface area (Å²) in [4.78, 5) is 10.4. The molecule has 0 aromatic rings. The number of allylic oxidation sites excluding steroid dienone is 3. The lowest BCUT2D eigenvalue weighted by Crippen LogP contribution is -2.07. The Kier molecular flexibility index (Phi) is 11.6. The number of rotatable bonds is 13. The number of unbranched alkanes of at least 4 members (excludes halogenated alkanes) is 6. The lowest BCUT2D eigenvalue weighted by molar-refractivity contribution is -0.131. The van der Waals surface area contributed by atoms with Crippen molar-refractivity contribution in [3.05, 3.63) is 24.3 Å². The molecule has 23 heavy (non-hydrogen) atoms. The molecule has 1 N–H and O–H groups in total. The Morgan fingerprint density at radius 2 is 1.61 bits per heavy atom. The van der Waals surface area contributed by atoms with Gasteiger partial charge in [-0.3, -0.25) is 0 Å². The van der Waals surface area contributed by atoms with Crippen molar-refractivity contribution in [2.45, 2.75) is 90.4 Å². The van der Waals surface area contributed by atoms with Crippen molar-refractivity contribution in [1.29, 1.82) is 0 Å². The minimum Gasteiger partial charge on any atom is -0.478 e. The van der Waals surface area contributed by atoms with E-state index in [1.165, 1.54) is 83.1 Å². The van der Waals surface area contributed by atoms with E-state index in [0.717, 1.165) is 18.3 Å². The van der Waals surface area contributed by atoms with Crippen molar-refractivity contribution in [3.63, 3.8) is 0 Å². The number of hydrogen-bond acceptors (Lipinski definition) is 1. The average Bonchev–Trinajstić information content (AvgIpc) is 2.97. The highest BCUT2D eigenvalue weighted by molar-refractivity contribution is 5.80. The van der Waals surface area contributed by atoms with Crippen molar-refractivity contribution in [2.24, 2.45) is 11.8 Å². The van der Waals surface area contributed by atoms with Gasteiger partial charge >= 0.3 is 5.97 Å². The van der Waals surface area contributed by atoms with E-state index in [-0.39, 0.29) is 0 Å². The van der Waals surface area contributed by atoms with Crippen LogP contribution in [0.4, 0.5) is 0 Å². The van der Waals surface area contributed by atoms with Crippen LogP contribution in [0.15, 0.2) is 24.3 Å². The molecule has 1 saturated carbocycles. The SMILES string of the molecule is CCCCCCCCC[C@H]1CCC[C@@H]1CC/C=C/C=C/C(=O)O. The van der Waals surface area contributed by atoms with Crippen LogP contribution < -0.4 is 0 Å². The van der Waals surface area contributed by atoms with Gasteiger partial charge in [0.15, 0.2) is 0 Å². The Labute approximate surface area is 143 Å². The third-order valence-corrected chi connectivity index (χ3v) is 5.19. The highest BCUT2D eigenvalue weighted by Gasteiger charge is 2.25. The van der Waals surface area contributed by atoms with Crippen LogP contribution in [0, 0.1) is 11.8 Å². The van der Waals surface area contributed by atoms with Crippen molar-refractivity contribution in [3.8, 4) is 0 Å². The minimum atomic E-state index is -0.875. The molecule has 0 saturated heterocycles.